The average Bonchev–Trinajstić information content (AvgIpc) is 2.05. The lowest BCUT2D eigenvalue weighted by atomic mass is 10.0. The first-order chi connectivity index (χ1) is 6.13. The minimum atomic E-state index is 0.201. The van der Waals surface area contributed by atoms with Crippen molar-refractivity contribution in [3.05, 3.63) is 0 Å². The van der Waals surface area contributed by atoms with Crippen LogP contribution in [0.3, 0.4) is 0 Å². The third-order valence-electron chi connectivity index (χ3n) is 1.74. The van der Waals surface area contributed by atoms with Crippen LogP contribution in [0.2, 0.25) is 0 Å². The zero-order chi connectivity index (χ0) is 10.3. The van der Waals surface area contributed by atoms with Crippen molar-refractivity contribution in [2.75, 3.05) is 13.1 Å². The van der Waals surface area contributed by atoms with E-state index in [1.165, 1.54) is 0 Å². The highest BCUT2D eigenvalue weighted by Crippen LogP contribution is 1.99. The maximum absolute atomic E-state index is 8.71. The number of nitrogens with two attached hydrogens (primary N) is 1. The molecule has 0 aliphatic carbocycles. The van der Waals surface area contributed by atoms with E-state index >= 15 is 0 Å². The zero-order valence-corrected chi connectivity index (χ0v) is 8.62. The van der Waals surface area contributed by atoms with E-state index in [0.717, 1.165) is 12.1 Å². The standard InChI is InChI=1S/C9H19N3O/c1-7(2)9(12-13)8(3)11-6-4-5-10/h7,13H,4-6,10H2,1-3H3/b11-8?,12-9-. The Hall–Kier alpha value is -0.900. The maximum Gasteiger partial charge on any atom is 0.103 e. The SMILES string of the molecule is CC(=NCCCN)/C(=N\O)C(C)C. The Morgan fingerprint density at radius 1 is 1.46 bits per heavy atom. The molecule has 0 amide bonds. The quantitative estimate of drug-likeness (QED) is 0.293. The number of rotatable bonds is 5. The smallest absolute Gasteiger partial charge is 0.103 e. The minimum absolute atomic E-state index is 0.201. The van der Waals surface area contributed by atoms with Gasteiger partial charge in [0, 0.05) is 12.5 Å². The van der Waals surface area contributed by atoms with Crippen molar-refractivity contribution < 1.29 is 5.21 Å². The van der Waals surface area contributed by atoms with Gasteiger partial charge in [-0.15, -0.1) is 0 Å². The molecule has 13 heavy (non-hydrogen) atoms. The van der Waals surface area contributed by atoms with Crippen molar-refractivity contribution >= 4 is 11.4 Å². The van der Waals surface area contributed by atoms with E-state index in [1.807, 2.05) is 20.8 Å². The van der Waals surface area contributed by atoms with Crippen LogP contribution in [0.25, 0.3) is 0 Å². The second kappa shape index (κ2) is 6.60. The van der Waals surface area contributed by atoms with Gasteiger partial charge in [0.15, 0.2) is 0 Å². The summed E-state index contributed by atoms with van der Waals surface area (Å²) in [6, 6.07) is 0. The third kappa shape index (κ3) is 4.62. The molecule has 0 unspecified atom stereocenters. The number of nitrogens with zero attached hydrogens (tertiary/aromatic N) is 2. The van der Waals surface area contributed by atoms with Crippen LogP contribution in [0.15, 0.2) is 10.1 Å². The number of oxime groups is 1. The van der Waals surface area contributed by atoms with Gasteiger partial charge in [0.05, 0.1) is 5.71 Å². The van der Waals surface area contributed by atoms with Crippen LogP contribution in [0.5, 0.6) is 0 Å². The summed E-state index contributed by atoms with van der Waals surface area (Å²) < 4.78 is 0. The monoisotopic (exact) mass is 185 g/mol. The highest BCUT2D eigenvalue weighted by Gasteiger charge is 2.08. The van der Waals surface area contributed by atoms with Crippen molar-refractivity contribution in [2.24, 2.45) is 21.8 Å². The molecule has 0 fully saturated rings. The van der Waals surface area contributed by atoms with Gasteiger partial charge in [0.1, 0.15) is 5.71 Å². The molecule has 0 saturated carbocycles. The summed E-state index contributed by atoms with van der Waals surface area (Å²) in [6.07, 6.45) is 0.869. The highest BCUT2D eigenvalue weighted by atomic mass is 16.4. The molecule has 0 saturated heterocycles. The highest BCUT2D eigenvalue weighted by molar-refractivity contribution is 6.41. The molecule has 0 aliphatic heterocycles. The molecule has 0 heterocycles. The maximum atomic E-state index is 8.71. The molecular weight excluding hydrogens is 166 g/mol. The van der Waals surface area contributed by atoms with E-state index in [9.17, 15) is 0 Å². The molecule has 0 rings (SSSR count). The van der Waals surface area contributed by atoms with Gasteiger partial charge in [-0.3, -0.25) is 4.99 Å². The van der Waals surface area contributed by atoms with Gasteiger partial charge in [-0.05, 0) is 19.9 Å². The first-order valence-electron chi connectivity index (χ1n) is 4.57. The molecule has 4 nitrogen and oxygen atoms in total. The number of aliphatic imine (C=N–C) groups is 1. The lowest BCUT2D eigenvalue weighted by Crippen LogP contribution is -2.18. The summed E-state index contributed by atoms with van der Waals surface area (Å²) in [5.74, 6) is 0.201. The van der Waals surface area contributed by atoms with Crippen LogP contribution >= 0.6 is 0 Å². The van der Waals surface area contributed by atoms with Gasteiger partial charge in [-0.2, -0.15) is 0 Å². The van der Waals surface area contributed by atoms with E-state index in [0.29, 0.717) is 18.8 Å². The normalized spacial score (nSPS) is 13.9. The Kier molecular flexibility index (Phi) is 6.14. The molecule has 0 aromatic rings. The summed E-state index contributed by atoms with van der Waals surface area (Å²) in [6.45, 7) is 7.14. The molecule has 0 spiro atoms. The van der Waals surface area contributed by atoms with Crippen LogP contribution in [-0.4, -0.2) is 29.7 Å². The second-order valence-electron chi connectivity index (χ2n) is 3.25. The molecule has 0 aromatic heterocycles. The summed E-state index contributed by atoms with van der Waals surface area (Å²) in [7, 11) is 0. The minimum Gasteiger partial charge on any atom is -0.411 e. The molecular formula is C9H19N3O. The predicted molar refractivity (Wildman–Crippen MR) is 55.7 cm³/mol. The summed E-state index contributed by atoms with van der Waals surface area (Å²) in [5, 5.41) is 11.9. The molecule has 0 bridgehead atoms. The lowest BCUT2D eigenvalue weighted by molar-refractivity contribution is 0.317. The van der Waals surface area contributed by atoms with Crippen molar-refractivity contribution in [3.63, 3.8) is 0 Å². The van der Waals surface area contributed by atoms with Crippen LogP contribution in [0.1, 0.15) is 27.2 Å². The molecule has 76 valence electrons. The fourth-order valence-corrected chi connectivity index (χ4v) is 1.02. The Balaban J connectivity index is 4.21. The summed E-state index contributed by atoms with van der Waals surface area (Å²) >= 11 is 0. The van der Waals surface area contributed by atoms with Gasteiger partial charge in [-0.1, -0.05) is 19.0 Å². The van der Waals surface area contributed by atoms with E-state index in [-0.39, 0.29) is 5.92 Å². The van der Waals surface area contributed by atoms with E-state index in [1.54, 1.807) is 0 Å². The zero-order valence-electron chi connectivity index (χ0n) is 8.62. The first-order valence-corrected chi connectivity index (χ1v) is 4.57. The van der Waals surface area contributed by atoms with E-state index in [2.05, 4.69) is 10.1 Å². The van der Waals surface area contributed by atoms with E-state index < -0.39 is 0 Å². The van der Waals surface area contributed by atoms with Gasteiger partial charge in [0.2, 0.25) is 0 Å². The van der Waals surface area contributed by atoms with Crippen molar-refractivity contribution in [3.8, 4) is 0 Å². The Morgan fingerprint density at radius 3 is 2.46 bits per heavy atom. The van der Waals surface area contributed by atoms with E-state index in [4.69, 9.17) is 10.9 Å². The Labute approximate surface area is 79.5 Å². The molecule has 0 atom stereocenters. The second-order valence-corrected chi connectivity index (χ2v) is 3.25. The lowest BCUT2D eigenvalue weighted by Gasteiger charge is -2.06. The van der Waals surface area contributed by atoms with Crippen LogP contribution in [0.4, 0.5) is 0 Å². The predicted octanol–water partition coefficient (Wildman–Crippen LogP) is 1.28. The third-order valence-corrected chi connectivity index (χ3v) is 1.74. The molecule has 0 aromatic carbocycles. The number of hydrogen-bond acceptors (Lipinski definition) is 4. The van der Waals surface area contributed by atoms with Crippen LogP contribution < -0.4 is 5.73 Å². The number of hydrogen-bond donors (Lipinski definition) is 2. The summed E-state index contributed by atoms with van der Waals surface area (Å²) in [5.41, 5.74) is 6.78. The van der Waals surface area contributed by atoms with Gasteiger partial charge >= 0.3 is 0 Å². The first kappa shape index (κ1) is 12.1. The molecule has 3 N–H and O–H groups in total. The topological polar surface area (TPSA) is 71.0 Å². The Bertz CT molecular complexity index is 197. The average molecular weight is 185 g/mol. The van der Waals surface area contributed by atoms with Gasteiger partial charge < -0.3 is 10.9 Å². The van der Waals surface area contributed by atoms with Gasteiger partial charge in [0.25, 0.3) is 0 Å². The fourth-order valence-electron chi connectivity index (χ4n) is 1.02. The van der Waals surface area contributed by atoms with Gasteiger partial charge in [-0.25, -0.2) is 0 Å². The molecule has 4 heteroatoms. The van der Waals surface area contributed by atoms with Crippen molar-refractivity contribution in [2.45, 2.75) is 27.2 Å². The van der Waals surface area contributed by atoms with Crippen LogP contribution in [-0.2, 0) is 0 Å². The largest absolute Gasteiger partial charge is 0.411 e. The Morgan fingerprint density at radius 2 is 2.08 bits per heavy atom. The molecule has 0 aliphatic rings. The summed E-state index contributed by atoms with van der Waals surface area (Å²) in [4.78, 5) is 4.25. The van der Waals surface area contributed by atoms with Crippen LogP contribution in [0, 0.1) is 5.92 Å². The fraction of sp³-hybridized carbons (Fsp3) is 0.778. The molecule has 0 radical (unpaired) electrons. The van der Waals surface area contributed by atoms with Crippen molar-refractivity contribution in [1.29, 1.82) is 0 Å². The van der Waals surface area contributed by atoms with Crippen molar-refractivity contribution in [1.82, 2.24) is 0 Å².